The normalized spacial score (nSPS) is 10.2. The third-order valence-electron chi connectivity index (χ3n) is 3.36. The highest BCUT2D eigenvalue weighted by molar-refractivity contribution is 9.10. The summed E-state index contributed by atoms with van der Waals surface area (Å²) in [6.07, 6.45) is 0. The lowest BCUT2D eigenvalue weighted by molar-refractivity contribution is -0.136. The fourth-order valence-corrected chi connectivity index (χ4v) is 2.51. The van der Waals surface area contributed by atoms with Crippen LogP contribution in [0.1, 0.15) is 0 Å². The van der Waals surface area contributed by atoms with Crippen molar-refractivity contribution in [2.45, 2.75) is 0 Å². The van der Waals surface area contributed by atoms with Gasteiger partial charge in [0.05, 0.1) is 0 Å². The summed E-state index contributed by atoms with van der Waals surface area (Å²) in [6.45, 7) is -0.153. The van der Waals surface area contributed by atoms with Crippen molar-refractivity contribution in [1.82, 2.24) is 0 Å². The number of ether oxygens (including phenoxy) is 2. The van der Waals surface area contributed by atoms with Gasteiger partial charge in [0, 0.05) is 10.0 Å². The average Bonchev–Trinajstić information content (AvgIpc) is 2.63. The zero-order chi connectivity index (χ0) is 16.8. The van der Waals surface area contributed by atoms with Gasteiger partial charge < -0.3 is 9.47 Å². The molecule has 3 aromatic carbocycles. The molecule has 0 aromatic heterocycles. The van der Waals surface area contributed by atoms with E-state index in [0.717, 1.165) is 15.6 Å². The van der Waals surface area contributed by atoms with Crippen LogP contribution in [0.3, 0.4) is 0 Å². The number of benzene rings is 3. The van der Waals surface area contributed by atoms with E-state index in [2.05, 4.69) is 15.9 Å². The first-order valence-corrected chi connectivity index (χ1v) is 8.25. The first-order valence-electron chi connectivity index (χ1n) is 7.46. The predicted molar refractivity (Wildman–Crippen MR) is 97.2 cm³/mol. The molecule has 0 unspecified atom stereocenters. The second-order valence-electron chi connectivity index (χ2n) is 5.08. The SMILES string of the molecule is O=C(COc1ccccc1-c1ccccc1)Oc1ccc(Br)cc1. The maximum absolute atomic E-state index is 12.0. The Balaban J connectivity index is 1.66. The van der Waals surface area contributed by atoms with Crippen LogP contribution < -0.4 is 9.47 Å². The summed E-state index contributed by atoms with van der Waals surface area (Å²) in [6, 6.07) is 24.6. The summed E-state index contributed by atoms with van der Waals surface area (Å²) in [5.74, 6) is 0.694. The van der Waals surface area contributed by atoms with Crippen LogP contribution >= 0.6 is 15.9 Å². The standard InChI is InChI=1S/C20H15BrO3/c21-16-10-12-17(13-11-16)24-20(22)14-23-19-9-5-4-8-18(19)15-6-2-1-3-7-15/h1-13H,14H2. The highest BCUT2D eigenvalue weighted by atomic mass is 79.9. The van der Waals surface area contributed by atoms with Crippen LogP contribution in [0.4, 0.5) is 0 Å². The van der Waals surface area contributed by atoms with Gasteiger partial charge >= 0.3 is 5.97 Å². The minimum Gasteiger partial charge on any atom is -0.481 e. The van der Waals surface area contributed by atoms with Gasteiger partial charge in [0.25, 0.3) is 0 Å². The molecule has 0 bridgehead atoms. The van der Waals surface area contributed by atoms with Crippen LogP contribution in [0.5, 0.6) is 11.5 Å². The fourth-order valence-electron chi connectivity index (χ4n) is 2.25. The van der Waals surface area contributed by atoms with E-state index in [4.69, 9.17) is 9.47 Å². The Kier molecular flexibility index (Phi) is 5.29. The summed E-state index contributed by atoms with van der Waals surface area (Å²) >= 11 is 3.34. The Morgan fingerprint density at radius 3 is 2.25 bits per heavy atom. The van der Waals surface area contributed by atoms with Crippen molar-refractivity contribution in [2.24, 2.45) is 0 Å². The molecule has 0 N–H and O–H groups in total. The molecule has 0 aliphatic rings. The molecule has 0 aliphatic carbocycles. The zero-order valence-electron chi connectivity index (χ0n) is 12.8. The van der Waals surface area contributed by atoms with Gasteiger partial charge in [-0.3, -0.25) is 0 Å². The first-order chi connectivity index (χ1) is 11.7. The third kappa shape index (κ3) is 4.24. The molecule has 4 heteroatoms. The van der Waals surface area contributed by atoms with Crippen LogP contribution in [-0.2, 0) is 4.79 Å². The summed E-state index contributed by atoms with van der Waals surface area (Å²) in [7, 11) is 0. The van der Waals surface area contributed by atoms with Crippen molar-refractivity contribution in [3.63, 3.8) is 0 Å². The summed E-state index contributed by atoms with van der Waals surface area (Å²) < 4.78 is 11.8. The van der Waals surface area contributed by atoms with Crippen LogP contribution in [0.15, 0.2) is 83.3 Å². The second kappa shape index (κ2) is 7.79. The number of carbonyl (C=O) groups is 1. The predicted octanol–water partition coefficient (Wildman–Crippen LogP) is 5.10. The van der Waals surface area contributed by atoms with Crippen molar-refractivity contribution in [1.29, 1.82) is 0 Å². The quantitative estimate of drug-likeness (QED) is 0.454. The minimum atomic E-state index is -0.444. The molecule has 3 rings (SSSR count). The monoisotopic (exact) mass is 382 g/mol. The largest absolute Gasteiger partial charge is 0.481 e. The van der Waals surface area contributed by atoms with Gasteiger partial charge in [0.15, 0.2) is 6.61 Å². The Bertz CT molecular complexity index is 814. The molecule has 0 saturated carbocycles. The van der Waals surface area contributed by atoms with Crippen LogP contribution in [0, 0.1) is 0 Å². The van der Waals surface area contributed by atoms with E-state index in [1.165, 1.54) is 0 Å². The van der Waals surface area contributed by atoms with Gasteiger partial charge in [-0.25, -0.2) is 4.79 Å². The fraction of sp³-hybridized carbons (Fsp3) is 0.0500. The molecular weight excluding hydrogens is 368 g/mol. The number of carbonyl (C=O) groups excluding carboxylic acids is 1. The Labute approximate surface area is 149 Å². The maximum atomic E-state index is 12.0. The summed E-state index contributed by atoms with van der Waals surface area (Å²) in [5.41, 5.74) is 1.98. The number of hydrogen-bond acceptors (Lipinski definition) is 3. The molecule has 0 fully saturated rings. The van der Waals surface area contributed by atoms with Crippen molar-refractivity contribution in [2.75, 3.05) is 6.61 Å². The molecule has 24 heavy (non-hydrogen) atoms. The van der Waals surface area contributed by atoms with Gasteiger partial charge in [-0.05, 0) is 35.9 Å². The van der Waals surface area contributed by atoms with E-state index in [1.54, 1.807) is 12.1 Å². The van der Waals surface area contributed by atoms with E-state index in [-0.39, 0.29) is 6.61 Å². The maximum Gasteiger partial charge on any atom is 0.349 e. The average molecular weight is 383 g/mol. The van der Waals surface area contributed by atoms with Gasteiger partial charge in [-0.2, -0.15) is 0 Å². The molecule has 0 aliphatic heterocycles. The van der Waals surface area contributed by atoms with E-state index in [9.17, 15) is 4.79 Å². The molecule has 120 valence electrons. The Hall–Kier alpha value is -2.59. The van der Waals surface area contributed by atoms with Crippen molar-refractivity contribution >= 4 is 21.9 Å². The van der Waals surface area contributed by atoms with E-state index >= 15 is 0 Å². The van der Waals surface area contributed by atoms with Gasteiger partial charge in [0.2, 0.25) is 0 Å². The lowest BCUT2D eigenvalue weighted by atomic mass is 10.1. The summed E-state index contributed by atoms with van der Waals surface area (Å²) in [4.78, 5) is 12.0. The van der Waals surface area contributed by atoms with Crippen LogP contribution in [0.25, 0.3) is 11.1 Å². The number of hydrogen-bond donors (Lipinski definition) is 0. The highest BCUT2D eigenvalue weighted by Crippen LogP contribution is 2.29. The number of halogens is 1. The molecule has 3 nitrogen and oxygen atoms in total. The number of esters is 1. The number of para-hydroxylation sites is 1. The van der Waals surface area contributed by atoms with E-state index in [1.807, 2.05) is 66.7 Å². The highest BCUT2D eigenvalue weighted by Gasteiger charge is 2.10. The molecule has 0 amide bonds. The Morgan fingerprint density at radius 1 is 0.833 bits per heavy atom. The molecule has 0 atom stereocenters. The zero-order valence-corrected chi connectivity index (χ0v) is 14.4. The topological polar surface area (TPSA) is 35.5 Å². The van der Waals surface area contributed by atoms with Gasteiger partial charge in [-0.15, -0.1) is 0 Å². The molecule has 0 radical (unpaired) electrons. The third-order valence-corrected chi connectivity index (χ3v) is 3.89. The Morgan fingerprint density at radius 2 is 1.50 bits per heavy atom. The lowest BCUT2D eigenvalue weighted by Crippen LogP contribution is -2.17. The smallest absolute Gasteiger partial charge is 0.349 e. The number of rotatable bonds is 5. The van der Waals surface area contributed by atoms with Crippen molar-refractivity contribution < 1.29 is 14.3 Å². The van der Waals surface area contributed by atoms with Gasteiger partial charge in [0.1, 0.15) is 11.5 Å². The lowest BCUT2D eigenvalue weighted by Gasteiger charge is -2.11. The minimum absolute atomic E-state index is 0.153. The second-order valence-corrected chi connectivity index (χ2v) is 5.99. The molecular formula is C20H15BrO3. The van der Waals surface area contributed by atoms with Crippen molar-refractivity contribution in [3.05, 3.63) is 83.3 Å². The first kappa shape index (κ1) is 16.3. The van der Waals surface area contributed by atoms with Crippen molar-refractivity contribution in [3.8, 4) is 22.6 Å². The van der Waals surface area contributed by atoms with Crippen LogP contribution in [-0.4, -0.2) is 12.6 Å². The van der Waals surface area contributed by atoms with Gasteiger partial charge in [-0.1, -0.05) is 64.5 Å². The molecule has 3 aromatic rings. The molecule has 0 saturated heterocycles. The molecule has 0 spiro atoms. The van der Waals surface area contributed by atoms with E-state index in [0.29, 0.717) is 11.5 Å². The van der Waals surface area contributed by atoms with Crippen LogP contribution in [0.2, 0.25) is 0 Å². The summed E-state index contributed by atoms with van der Waals surface area (Å²) in [5, 5.41) is 0. The molecule has 0 heterocycles. The van der Waals surface area contributed by atoms with E-state index < -0.39 is 5.97 Å².